The molecule has 2 amide bonds. The van der Waals surface area contributed by atoms with E-state index in [-0.39, 0.29) is 24.4 Å². The minimum atomic E-state index is -0.140. The number of hydrogen-bond acceptors (Lipinski definition) is 8. The minimum absolute atomic E-state index is 0.0682. The molecule has 0 atom stereocenters. The second-order valence-corrected chi connectivity index (χ2v) is 8.58. The van der Waals surface area contributed by atoms with Crippen LogP contribution >= 0.6 is 11.3 Å². The van der Waals surface area contributed by atoms with Crippen LogP contribution in [0.5, 0.6) is 0 Å². The lowest BCUT2D eigenvalue weighted by atomic mass is 10.0. The van der Waals surface area contributed by atoms with E-state index in [0.29, 0.717) is 29.6 Å². The maximum atomic E-state index is 13.4. The first-order chi connectivity index (χ1) is 15.5. The van der Waals surface area contributed by atoms with Gasteiger partial charge in [0, 0.05) is 49.3 Å². The molecule has 0 unspecified atom stereocenters. The molecule has 0 radical (unpaired) electrons. The molecule has 10 heteroatoms. The molecular formula is C22H26N6O3S. The zero-order valence-electron chi connectivity index (χ0n) is 18.2. The zero-order chi connectivity index (χ0) is 22.5. The number of rotatable bonds is 7. The second kappa shape index (κ2) is 10.0. The predicted molar refractivity (Wildman–Crippen MR) is 122 cm³/mol. The average Bonchev–Trinajstić information content (AvgIpc) is 3.48. The predicted octanol–water partition coefficient (Wildman–Crippen LogP) is 3.16. The van der Waals surface area contributed by atoms with E-state index in [1.807, 2.05) is 25.3 Å². The minimum Gasteiger partial charge on any atom is -0.445 e. The number of piperidine rings is 1. The number of aromatic nitrogens is 3. The molecule has 4 heterocycles. The van der Waals surface area contributed by atoms with E-state index in [0.717, 1.165) is 30.9 Å². The summed E-state index contributed by atoms with van der Waals surface area (Å²) in [6, 6.07) is 5.51. The van der Waals surface area contributed by atoms with Crippen molar-refractivity contribution in [2.24, 2.45) is 0 Å². The van der Waals surface area contributed by atoms with E-state index in [1.165, 1.54) is 22.6 Å². The molecule has 0 bridgehead atoms. The monoisotopic (exact) mass is 454 g/mol. The Bertz CT molecular complexity index is 1060. The summed E-state index contributed by atoms with van der Waals surface area (Å²) in [4.78, 5) is 41.6. The molecule has 0 spiro atoms. The summed E-state index contributed by atoms with van der Waals surface area (Å²) >= 11 is 1.47. The van der Waals surface area contributed by atoms with Crippen molar-refractivity contribution >= 4 is 34.9 Å². The molecule has 32 heavy (non-hydrogen) atoms. The Labute approximate surface area is 190 Å². The topological polar surface area (TPSA) is 104 Å². The Morgan fingerprint density at radius 3 is 2.72 bits per heavy atom. The lowest BCUT2D eigenvalue weighted by Gasteiger charge is -2.32. The van der Waals surface area contributed by atoms with Gasteiger partial charge in [-0.1, -0.05) is 6.92 Å². The van der Waals surface area contributed by atoms with Crippen molar-refractivity contribution in [1.82, 2.24) is 25.2 Å². The number of nitrogens with zero attached hydrogens (tertiary/aromatic N) is 5. The Balaban J connectivity index is 1.50. The summed E-state index contributed by atoms with van der Waals surface area (Å²) in [5.74, 6) is 1.49. The van der Waals surface area contributed by atoms with E-state index in [2.05, 4.69) is 25.2 Å². The molecule has 1 N–H and O–H groups in total. The highest BCUT2D eigenvalue weighted by molar-refractivity contribution is 7.13. The molecule has 1 aliphatic rings. The van der Waals surface area contributed by atoms with Crippen LogP contribution in [0.15, 0.2) is 40.5 Å². The number of hydrogen-bond donors (Lipinski definition) is 1. The van der Waals surface area contributed by atoms with Gasteiger partial charge in [-0.05, 0) is 25.8 Å². The first-order valence-corrected chi connectivity index (χ1v) is 11.5. The van der Waals surface area contributed by atoms with E-state index in [1.54, 1.807) is 18.3 Å². The third-order valence-electron chi connectivity index (χ3n) is 5.36. The third kappa shape index (κ3) is 5.20. The van der Waals surface area contributed by atoms with Crippen molar-refractivity contribution in [1.29, 1.82) is 0 Å². The summed E-state index contributed by atoms with van der Waals surface area (Å²) in [6.07, 6.45) is 5.27. The van der Waals surface area contributed by atoms with Gasteiger partial charge in [0.2, 0.25) is 17.7 Å². The Kier molecular flexibility index (Phi) is 6.91. The third-order valence-corrected chi connectivity index (χ3v) is 6.16. The molecule has 168 valence electrons. The number of amides is 2. The highest BCUT2D eigenvalue weighted by Gasteiger charge is 2.27. The summed E-state index contributed by atoms with van der Waals surface area (Å²) in [7, 11) is 0. The van der Waals surface area contributed by atoms with Crippen molar-refractivity contribution in [2.45, 2.75) is 39.2 Å². The van der Waals surface area contributed by atoms with Gasteiger partial charge in [0.05, 0.1) is 6.54 Å². The fourth-order valence-corrected chi connectivity index (χ4v) is 4.27. The van der Waals surface area contributed by atoms with Crippen molar-refractivity contribution in [3.05, 3.63) is 41.9 Å². The zero-order valence-corrected chi connectivity index (χ0v) is 19.0. The van der Waals surface area contributed by atoms with Gasteiger partial charge in [-0.3, -0.25) is 14.5 Å². The van der Waals surface area contributed by atoms with Crippen LogP contribution in [0.1, 0.15) is 31.9 Å². The smallest absolute Gasteiger partial charge is 0.249 e. The van der Waals surface area contributed by atoms with Gasteiger partial charge in [0.1, 0.15) is 28.6 Å². The molecule has 0 aliphatic carbocycles. The number of likely N-dealkylation sites (tertiary alicyclic amines) is 1. The SMILES string of the molecule is CCC(=O)NC1CCN(CC(=O)N(c2cc(-c3nccs3)ncn2)c2ccc(C)o2)CC1. The van der Waals surface area contributed by atoms with E-state index >= 15 is 0 Å². The number of carbonyl (C=O) groups is 2. The van der Waals surface area contributed by atoms with Crippen molar-refractivity contribution < 1.29 is 14.0 Å². The summed E-state index contributed by atoms with van der Waals surface area (Å²) in [5.41, 5.74) is 0.651. The maximum absolute atomic E-state index is 13.4. The maximum Gasteiger partial charge on any atom is 0.249 e. The molecule has 0 saturated carbocycles. The average molecular weight is 455 g/mol. The van der Waals surface area contributed by atoms with Crippen LogP contribution in [0.25, 0.3) is 10.7 Å². The molecule has 3 aromatic heterocycles. The van der Waals surface area contributed by atoms with E-state index < -0.39 is 0 Å². The molecule has 3 aromatic rings. The summed E-state index contributed by atoms with van der Waals surface area (Å²) in [5, 5.41) is 5.68. The number of nitrogens with one attached hydrogen (secondary N) is 1. The van der Waals surface area contributed by atoms with Crippen molar-refractivity contribution in [2.75, 3.05) is 24.5 Å². The van der Waals surface area contributed by atoms with Crippen LogP contribution in [-0.2, 0) is 9.59 Å². The molecule has 1 aliphatic heterocycles. The highest BCUT2D eigenvalue weighted by Crippen LogP contribution is 2.29. The van der Waals surface area contributed by atoms with Crippen LogP contribution < -0.4 is 10.2 Å². The summed E-state index contributed by atoms with van der Waals surface area (Å²) < 4.78 is 5.78. The second-order valence-electron chi connectivity index (χ2n) is 7.68. The largest absolute Gasteiger partial charge is 0.445 e. The van der Waals surface area contributed by atoms with Gasteiger partial charge >= 0.3 is 0 Å². The lowest BCUT2D eigenvalue weighted by Crippen LogP contribution is -2.47. The van der Waals surface area contributed by atoms with Crippen LogP contribution in [0.3, 0.4) is 0 Å². The van der Waals surface area contributed by atoms with E-state index in [9.17, 15) is 9.59 Å². The van der Waals surface area contributed by atoms with Crippen LogP contribution in [0.4, 0.5) is 11.7 Å². The quantitative estimate of drug-likeness (QED) is 0.585. The van der Waals surface area contributed by atoms with Crippen LogP contribution in [0, 0.1) is 6.92 Å². The lowest BCUT2D eigenvalue weighted by molar-refractivity contribution is -0.122. The molecule has 1 saturated heterocycles. The molecule has 9 nitrogen and oxygen atoms in total. The molecule has 0 aromatic carbocycles. The Morgan fingerprint density at radius 1 is 1.25 bits per heavy atom. The first kappa shape index (κ1) is 22.1. The Morgan fingerprint density at radius 2 is 2.06 bits per heavy atom. The number of aryl methyl sites for hydroxylation is 1. The number of thiazole rings is 1. The van der Waals surface area contributed by atoms with Crippen molar-refractivity contribution in [3.63, 3.8) is 0 Å². The van der Waals surface area contributed by atoms with Gasteiger partial charge in [-0.2, -0.15) is 0 Å². The standard InChI is InChI=1S/C22H26N6O3S/c1-3-19(29)26-16-6-9-27(10-7-16)13-20(30)28(21-5-4-15(2)31-21)18-12-17(24-14-25-18)22-23-8-11-32-22/h4-5,8,11-12,14,16H,3,6-7,9-10,13H2,1-2H3,(H,26,29). The first-order valence-electron chi connectivity index (χ1n) is 10.7. The van der Waals surface area contributed by atoms with E-state index in [4.69, 9.17) is 4.42 Å². The summed E-state index contributed by atoms with van der Waals surface area (Å²) in [6.45, 7) is 5.38. The van der Waals surface area contributed by atoms with Gasteiger partial charge in [-0.15, -0.1) is 11.3 Å². The van der Waals surface area contributed by atoms with Crippen molar-refractivity contribution in [3.8, 4) is 10.7 Å². The van der Waals surface area contributed by atoms with Crippen LogP contribution in [0.2, 0.25) is 0 Å². The fraction of sp³-hybridized carbons (Fsp3) is 0.409. The fourth-order valence-electron chi connectivity index (χ4n) is 3.67. The normalized spacial score (nSPS) is 14.9. The molecule has 4 rings (SSSR count). The van der Waals surface area contributed by atoms with Gasteiger partial charge in [0.15, 0.2) is 0 Å². The van der Waals surface area contributed by atoms with Gasteiger partial charge < -0.3 is 9.73 Å². The number of furan rings is 1. The molecular weight excluding hydrogens is 428 g/mol. The van der Waals surface area contributed by atoms with Gasteiger partial charge in [-0.25, -0.2) is 19.9 Å². The highest BCUT2D eigenvalue weighted by atomic mass is 32.1. The van der Waals surface area contributed by atoms with Crippen LogP contribution in [-0.4, -0.2) is 57.3 Å². The number of carbonyl (C=O) groups excluding carboxylic acids is 2. The Hall–Kier alpha value is -3.11. The number of anilines is 2. The van der Waals surface area contributed by atoms with Gasteiger partial charge in [0.25, 0.3) is 0 Å². The molecule has 1 fully saturated rings.